The van der Waals surface area contributed by atoms with Gasteiger partial charge in [-0.1, -0.05) is 30.3 Å². The Kier molecular flexibility index (Phi) is 4.10. The van der Waals surface area contributed by atoms with Gasteiger partial charge >= 0.3 is 6.16 Å². The molecule has 0 spiro atoms. The molecule has 1 aromatic carbocycles. The molecule has 1 unspecified atom stereocenters. The molecule has 1 atom stereocenters. The van der Waals surface area contributed by atoms with Crippen molar-refractivity contribution in [1.29, 1.82) is 0 Å². The lowest BCUT2D eigenvalue weighted by Crippen LogP contribution is -2.10. The van der Waals surface area contributed by atoms with Crippen LogP contribution in [0.1, 0.15) is 12.0 Å². The summed E-state index contributed by atoms with van der Waals surface area (Å²) >= 11 is 1.85. The summed E-state index contributed by atoms with van der Waals surface area (Å²) in [7, 11) is 0. The minimum absolute atomic E-state index is 0.0456. The molecule has 1 heterocycles. The largest absolute Gasteiger partial charge is 0.508 e. The smallest absolute Gasteiger partial charge is 0.430 e. The molecule has 86 valence electrons. The summed E-state index contributed by atoms with van der Waals surface area (Å²) in [6.45, 7) is 0.407. The average molecular weight is 238 g/mol. The van der Waals surface area contributed by atoms with E-state index in [2.05, 4.69) is 12.1 Å². The summed E-state index contributed by atoms with van der Waals surface area (Å²) < 4.78 is 9.65. The maximum atomic E-state index is 10.7. The summed E-state index contributed by atoms with van der Waals surface area (Å²) in [6, 6.07) is 10.3. The number of carbonyl (C=O) groups excluding carboxylic acids is 1. The maximum absolute atomic E-state index is 10.7. The van der Waals surface area contributed by atoms with E-state index >= 15 is 0 Å². The number of rotatable bonds is 5. The van der Waals surface area contributed by atoms with Gasteiger partial charge in [0.25, 0.3) is 0 Å². The van der Waals surface area contributed by atoms with E-state index in [1.54, 1.807) is 0 Å². The third kappa shape index (κ3) is 3.45. The fourth-order valence-electron chi connectivity index (χ4n) is 1.49. The van der Waals surface area contributed by atoms with Crippen LogP contribution in [0.15, 0.2) is 30.3 Å². The van der Waals surface area contributed by atoms with Crippen LogP contribution in [0.3, 0.4) is 0 Å². The van der Waals surface area contributed by atoms with Crippen LogP contribution < -0.4 is 0 Å². The third-order valence-corrected chi connectivity index (χ3v) is 3.41. The highest BCUT2D eigenvalue weighted by Gasteiger charge is 2.24. The summed E-state index contributed by atoms with van der Waals surface area (Å²) in [5.74, 6) is 1.98. The Balaban J connectivity index is 1.60. The Morgan fingerprint density at radius 2 is 2.12 bits per heavy atom. The lowest BCUT2D eigenvalue weighted by molar-refractivity contribution is 0.117. The molecule has 1 aliphatic rings. The van der Waals surface area contributed by atoms with Crippen LogP contribution in [0.5, 0.6) is 0 Å². The lowest BCUT2D eigenvalue weighted by Gasteiger charge is -2.05. The monoisotopic (exact) mass is 238 g/mol. The Labute approximate surface area is 99.1 Å². The summed E-state index contributed by atoms with van der Waals surface area (Å²) in [5.41, 5.74) is 1.33. The average Bonchev–Trinajstić information content (AvgIpc) is 2.72. The van der Waals surface area contributed by atoms with Crippen LogP contribution in [0.4, 0.5) is 4.79 Å². The number of hydrogen-bond donors (Lipinski definition) is 0. The molecule has 0 amide bonds. The number of hydrogen-bond acceptors (Lipinski definition) is 4. The number of ether oxygens (including phenoxy) is 2. The van der Waals surface area contributed by atoms with Gasteiger partial charge in [0.2, 0.25) is 0 Å². The van der Waals surface area contributed by atoms with Crippen LogP contribution in [0.2, 0.25) is 0 Å². The minimum atomic E-state index is -0.530. The van der Waals surface area contributed by atoms with Gasteiger partial charge in [-0.25, -0.2) is 4.79 Å². The second-order valence-electron chi connectivity index (χ2n) is 3.63. The molecule has 1 saturated heterocycles. The highest BCUT2D eigenvalue weighted by molar-refractivity contribution is 7.98. The molecular formula is C12H14O3S. The van der Waals surface area contributed by atoms with Gasteiger partial charge in [0.05, 0.1) is 0 Å². The maximum Gasteiger partial charge on any atom is 0.508 e. The van der Waals surface area contributed by atoms with Crippen molar-refractivity contribution in [3.05, 3.63) is 35.9 Å². The molecule has 0 bridgehead atoms. The molecule has 2 rings (SSSR count). The highest BCUT2D eigenvalue weighted by Crippen LogP contribution is 2.16. The van der Waals surface area contributed by atoms with Crippen molar-refractivity contribution in [1.82, 2.24) is 0 Å². The molecule has 0 saturated carbocycles. The predicted molar refractivity (Wildman–Crippen MR) is 63.4 cm³/mol. The Hall–Kier alpha value is -1.16. The van der Waals surface area contributed by atoms with Crippen molar-refractivity contribution >= 4 is 17.9 Å². The molecule has 3 nitrogen and oxygen atoms in total. The first-order valence-corrected chi connectivity index (χ1v) is 6.45. The minimum Gasteiger partial charge on any atom is -0.430 e. The third-order valence-electron chi connectivity index (χ3n) is 2.35. The van der Waals surface area contributed by atoms with E-state index in [0.29, 0.717) is 6.61 Å². The van der Waals surface area contributed by atoms with Crippen molar-refractivity contribution in [3.63, 3.8) is 0 Å². The fraction of sp³-hybridized carbons (Fsp3) is 0.417. The SMILES string of the molecule is O=C1OCC(CCSCc2ccccc2)O1. The van der Waals surface area contributed by atoms with Gasteiger partial charge in [-0.05, 0) is 17.7 Å². The van der Waals surface area contributed by atoms with Crippen LogP contribution in [0, 0.1) is 0 Å². The quantitative estimate of drug-likeness (QED) is 0.583. The second kappa shape index (κ2) is 5.80. The van der Waals surface area contributed by atoms with E-state index in [4.69, 9.17) is 9.47 Å². The molecular weight excluding hydrogens is 224 g/mol. The first-order chi connectivity index (χ1) is 7.84. The van der Waals surface area contributed by atoms with Gasteiger partial charge < -0.3 is 9.47 Å². The predicted octanol–water partition coefficient (Wildman–Crippen LogP) is 2.85. The van der Waals surface area contributed by atoms with Crippen LogP contribution in [-0.2, 0) is 15.2 Å². The fourth-order valence-corrected chi connectivity index (χ4v) is 2.49. The van der Waals surface area contributed by atoms with Crippen LogP contribution in [0.25, 0.3) is 0 Å². The second-order valence-corrected chi connectivity index (χ2v) is 4.73. The highest BCUT2D eigenvalue weighted by atomic mass is 32.2. The van der Waals surface area contributed by atoms with Crippen LogP contribution in [-0.4, -0.2) is 24.6 Å². The van der Waals surface area contributed by atoms with Crippen molar-refractivity contribution in [2.24, 2.45) is 0 Å². The summed E-state index contributed by atoms with van der Waals surface area (Å²) in [4.78, 5) is 10.7. The van der Waals surface area contributed by atoms with E-state index in [-0.39, 0.29) is 6.10 Å². The first-order valence-electron chi connectivity index (χ1n) is 5.29. The number of cyclic esters (lactones) is 2. The molecule has 0 aromatic heterocycles. The Morgan fingerprint density at radius 3 is 2.81 bits per heavy atom. The van der Waals surface area contributed by atoms with Gasteiger partial charge in [-0.2, -0.15) is 11.8 Å². The molecule has 1 fully saturated rings. The number of benzene rings is 1. The zero-order valence-electron chi connectivity index (χ0n) is 8.93. The van der Waals surface area contributed by atoms with Crippen molar-refractivity contribution < 1.29 is 14.3 Å². The van der Waals surface area contributed by atoms with E-state index in [1.165, 1.54) is 5.56 Å². The standard InChI is InChI=1S/C12H14O3S/c13-12-14-8-11(15-12)6-7-16-9-10-4-2-1-3-5-10/h1-5,11H,6-9H2. The molecule has 0 aliphatic carbocycles. The van der Waals surface area contributed by atoms with E-state index in [1.807, 2.05) is 30.0 Å². The van der Waals surface area contributed by atoms with Crippen molar-refractivity contribution in [3.8, 4) is 0 Å². The lowest BCUT2D eigenvalue weighted by atomic mass is 10.2. The number of thioether (sulfide) groups is 1. The molecule has 0 N–H and O–H groups in total. The zero-order chi connectivity index (χ0) is 11.2. The Morgan fingerprint density at radius 1 is 1.31 bits per heavy atom. The molecule has 16 heavy (non-hydrogen) atoms. The van der Waals surface area contributed by atoms with E-state index < -0.39 is 6.16 Å². The number of carbonyl (C=O) groups is 1. The van der Waals surface area contributed by atoms with Gasteiger partial charge in [0, 0.05) is 5.75 Å². The summed E-state index contributed by atoms with van der Waals surface area (Å²) in [6.07, 6.45) is 0.289. The Bertz CT molecular complexity index is 339. The van der Waals surface area contributed by atoms with Gasteiger partial charge in [0.15, 0.2) is 0 Å². The topological polar surface area (TPSA) is 35.5 Å². The molecule has 0 radical (unpaired) electrons. The normalized spacial score (nSPS) is 19.2. The molecule has 4 heteroatoms. The van der Waals surface area contributed by atoms with Gasteiger partial charge in [0.1, 0.15) is 12.7 Å². The molecule has 1 aliphatic heterocycles. The van der Waals surface area contributed by atoms with Crippen molar-refractivity contribution in [2.75, 3.05) is 12.4 Å². The summed E-state index contributed by atoms with van der Waals surface area (Å²) in [5, 5.41) is 0. The van der Waals surface area contributed by atoms with Crippen molar-refractivity contribution in [2.45, 2.75) is 18.3 Å². The van der Waals surface area contributed by atoms with Crippen LogP contribution >= 0.6 is 11.8 Å². The molecule has 1 aromatic rings. The first kappa shape index (κ1) is 11.3. The van der Waals surface area contributed by atoms with Gasteiger partial charge in [-0.15, -0.1) is 0 Å². The van der Waals surface area contributed by atoms with Gasteiger partial charge in [-0.3, -0.25) is 0 Å². The van der Waals surface area contributed by atoms with E-state index in [0.717, 1.165) is 17.9 Å². The van der Waals surface area contributed by atoms with E-state index in [9.17, 15) is 4.79 Å². The zero-order valence-corrected chi connectivity index (χ0v) is 9.74.